The predicted molar refractivity (Wildman–Crippen MR) is 107 cm³/mol. The highest BCUT2D eigenvalue weighted by molar-refractivity contribution is 7.99. The maximum Gasteiger partial charge on any atom is 0.315 e. The number of phenolic OH excluding ortho intramolecular Hbond substituents is 1. The van der Waals surface area contributed by atoms with Crippen molar-refractivity contribution in [2.45, 2.75) is 76.0 Å². The maximum absolute atomic E-state index is 11.7. The summed E-state index contributed by atoms with van der Waals surface area (Å²) in [7, 11) is 0. The van der Waals surface area contributed by atoms with Gasteiger partial charge in [-0.15, -0.1) is 11.8 Å². The van der Waals surface area contributed by atoms with Crippen LogP contribution in [0.2, 0.25) is 0 Å². The minimum absolute atomic E-state index is 0.109. The van der Waals surface area contributed by atoms with Crippen LogP contribution < -0.4 is 10.6 Å². The maximum atomic E-state index is 11.7. The van der Waals surface area contributed by atoms with E-state index in [1.54, 1.807) is 12.1 Å². The van der Waals surface area contributed by atoms with Crippen molar-refractivity contribution in [2.24, 2.45) is 0 Å². The summed E-state index contributed by atoms with van der Waals surface area (Å²) in [4.78, 5) is 12.7. The summed E-state index contributed by atoms with van der Waals surface area (Å²) in [6, 6.07) is 6.86. The van der Waals surface area contributed by atoms with Crippen molar-refractivity contribution in [1.29, 1.82) is 0 Å². The molecule has 0 saturated heterocycles. The Morgan fingerprint density at radius 2 is 1.44 bits per heavy atom. The lowest BCUT2D eigenvalue weighted by Crippen LogP contribution is -2.35. The van der Waals surface area contributed by atoms with E-state index in [1.165, 1.54) is 69.5 Å². The second-order valence-electron chi connectivity index (χ2n) is 6.40. The molecule has 2 amide bonds. The number of amides is 2. The van der Waals surface area contributed by atoms with Crippen molar-refractivity contribution in [3.05, 3.63) is 24.3 Å². The Balaban J connectivity index is 1.86. The fourth-order valence-electron chi connectivity index (χ4n) is 2.60. The molecular weight excluding hydrogens is 332 g/mol. The van der Waals surface area contributed by atoms with Crippen LogP contribution in [0.3, 0.4) is 0 Å². The number of unbranched alkanes of at least 4 members (excludes halogenated alkanes) is 9. The third kappa shape index (κ3) is 12.6. The van der Waals surface area contributed by atoms with Gasteiger partial charge in [-0.3, -0.25) is 0 Å². The molecule has 5 heteroatoms. The van der Waals surface area contributed by atoms with Crippen LogP contribution in [0, 0.1) is 0 Å². The molecule has 142 valence electrons. The van der Waals surface area contributed by atoms with E-state index in [2.05, 4.69) is 17.6 Å². The van der Waals surface area contributed by atoms with E-state index in [0.717, 1.165) is 17.9 Å². The summed E-state index contributed by atoms with van der Waals surface area (Å²) in [6.07, 6.45) is 13.0. The molecule has 25 heavy (non-hydrogen) atoms. The summed E-state index contributed by atoms with van der Waals surface area (Å²) in [6.45, 7) is 3.00. The molecule has 0 radical (unpaired) electrons. The summed E-state index contributed by atoms with van der Waals surface area (Å²) >= 11 is 1.53. The second-order valence-corrected chi connectivity index (χ2v) is 7.45. The van der Waals surface area contributed by atoms with Gasteiger partial charge in [0.1, 0.15) is 5.75 Å². The molecule has 0 aromatic heterocycles. The number of hydrogen-bond donors (Lipinski definition) is 3. The largest absolute Gasteiger partial charge is 0.508 e. The average Bonchev–Trinajstić information content (AvgIpc) is 2.61. The molecule has 0 atom stereocenters. The third-order valence-electron chi connectivity index (χ3n) is 4.12. The molecule has 0 fully saturated rings. The molecule has 4 nitrogen and oxygen atoms in total. The lowest BCUT2D eigenvalue weighted by atomic mass is 10.1. The van der Waals surface area contributed by atoms with Gasteiger partial charge in [-0.25, -0.2) is 4.79 Å². The highest BCUT2D eigenvalue weighted by Crippen LogP contribution is 2.19. The predicted octanol–water partition coefficient (Wildman–Crippen LogP) is 5.66. The number of nitrogens with one attached hydrogen (secondary N) is 2. The molecule has 1 aromatic rings. The monoisotopic (exact) mass is 366 g/mol. The fourth-order valence-corrected chi connectivity index (χ4v) is 3.30. The van der Waals surface area contributed by atoms with E-state index in [0.29, 0.717) is 5.88 Å². The van der Waals surface area contributed by atoms with Gasteiger partial charge in [-0.1, -0.05) is 64.7 Å². The van der Waals surface area contributed by atoms with Crippen molar-refractivity contribution in [1.82, 2.24) is 10.6 Å². The number of thioether (sulfide) groups is 1. The Morgan fingerprint density at radius 3 is 2.04 bits per heavy atom. The number of hydrogen-bond acceptors (Lipinski definition) is 3. The van der Waals surface area contributed by atoms with Crippen molar-refractivity contribution in [3.63, 3.8) is 0 Å². The summed E-state index contributed by atoms with van der Waals surface area (Å²) in [5, 5.41) is 14.9. The standard InChI is InChI=1S/C20H34N2O2S/c1-2-3-4-5-6-7-8-9-10-11-16-21-20(24)22-17-25-19-14-12-18(23)13-15-19/h12-15,23H,2-11,16-17H2,1H3,(H2,21,22,24). The van der Waals surface area contributed by atoms with Crippen molar-refractivity contribution < 1.29 is 9.90 Å². The highest BCUT2D eigenvalue weighted by atomic mass is 32.2. The van der Waals surface area contributed by atoms with Gasteiger partial charge in [-0.05, 0) is 30.7 Å². The van der Waals surface area contributed by atoms with Crippen LogP contribution in [0.25, 0.3) is 0 Å². The van der Waals surface area contributed by atoms with Crippen molar-refractivity contribution in [2.75, 3.05) is 12.4 Å². The minimum Gasteiger partial charge on any atom is -0.508 e. The average molecular weight is 367 g/mol. The highest BCUT2D eigenvalue weighted by Gasteiger charge is 2.00. The van der Waals surface area contributed by atoms with Crippen LogP contribution in [-0.4, -0.2) is 23.6 Å². The van der Waals surface area contributed by atoms with E-state index in [9.17, 15) is 9.90 Å². The fraction of sp³-hybridized carbons (Fsp3) is 0.650. The summed E-state index contributed by atoms with van der Waals surface area (Å²) < 4.78 is 0. The first kappa shape index (κ1) is 21.7. The molecule has 0 aliphatic heterocycles. The minimum atomic E-state index is -0.109. The normalized spacial score (nSPS) is 10.6. The first-order chi connectivity index (χ1) is 12.2. The zero-order valence-electron chi connectivity index (χ0n) is 15.6. The van der Waals surface area contributed by atoms with Gasteiger partial charge in [0.25, 0.3) is 0 Å². The number of carbonyl (C=O) groups is 1. The van der Waals surface area contributed by atoms with Gasteiger partial charge in [0, 0.05) is 11.4 Å². The number of aromatic hydroxyl groups is 1. The smallest absolute Gasteiger partial charge is 0.315 e. The molecule has 0 aliphatic carbocycles. The molecule has 0 saturated carbocycles. The Kier molecular flexibility index (Phi) is 13.0. The lowest BCUT2D eigenvalue weighted by Gasteiger charge is -2.07. The third-order valence-corrected chi connectivity index (χ3v) is 5.02. The molecule has 0 heterocycles. The quantitative estimate of drug-likeness (QED) is 0.226. The molecule has 0 unspecified atom stereocenters. The van der Waals surface area contributed by atoms with Gasteiger partial charge < -0.3 is 15.7 Å². The first-order valence-electron chi connectivity index (χ1n) is 9.66. The zero-order valence-corrected chi connectivity index (χ0v) is 16.4. The molecule has 0 spiro atoms. The van der Waals surface area contributed by atoms with Gasteiger partial charge in [-0.2, -0.15) is 0 Å². The van der Waals surface area contributed by atoms with Crippen LogP contribution in [0.5, 0.6) is 5.75 Å². The van der Waals surface area contributed by atoms with E-state index < -0.39 is 0 Å². The molecular formula is C20H34N2O2S. The van der Waals surface area contributed by atoms with Crippen LogP contribution in [0.1, 0.15) is 71.1 Å². The Bertz CT molecular complexity index is 452. The van der Waals surface area contributed by atoms with E-state index in [1.807, 2.05) is 12.1 Å². The van der Waals surface area contributed by atoms with E-state index in [4.69, 9.17) is 0 Å². The Hall–Kier alpha value is -1.36. The number of rotatable bonds is 14. The molecule has 1 aromatic carbocycles. The number of urea groups is 1. The van der Waals surface area contributed by atoms with E-state index in [-0.39, 0.29) is 11.8 Å². The summed E-state index contributed by atoms with van der Waals surface area (Å²) in [5.74, 6) is 0.779. The molecule has 0 bridgehead atoms. The van der Waals surface area contributed by atoms with Gasteiger partial charge in [0.2, 0.25) is 0 Å². The van der Waals surface area contributed by atoms with E-state index >= 15 is 0 Å². The lowest BCUT2D eigenvalue weighted by molar-refractivity contribution is 0.242. The van der Waals surface area contributed by atoms with Gasteiger partial charge >= 0.3 is 6.03 Å². The number of benzene rings is 1. The van der Waals surface area contributed by atoms with Crippen LogP contribution in [0.15, 0.2) is 29.2 Å². The number of phenols is 1. The molecule has 0 aliphatic rings. The SMILES string of the molecule is CCCCCCCCCCCCNC(=O)NCSc1ccc(O)cc1. The second kappa shape index (κ2) is 14.9. The Morgan fingerprint density at radius 1 is 0.880 bits per heavy atom. The summed E-state index contributed by atoms with van der Waals surface area (Å²) in [5.41, 5.74) is 0. The molecule has 1 rings (SSSR count). The van der Waals surface area contributed by atoms with Crippen LogP contribution >= 0.6 is 11.8 Å². The Labute approximate surface area is 157 Å². The number of carbonyl (C=O) groups excluding carboxylic acids is 1. The van der Waals surface area contributed by atoms with Crippen molar-refractivity contribution >= 4 is 17.8 Å². The first-order valence-corrected chi connectivity index (χ1v) is 10.6. The van der Waals surface area contributed by atoms with Crippen LogP contribution in [-0.2, 0) is 0 Å². The van der Waals surface area contributed by atoms with Crippen LogP contribution in [0.4, 0.5) is 4.79 Å². The topological polar surface area (TPSA) is 61.4 Å². The van der Waals surface area contributed by atoms with Crippen molar-refractivity contribution in [3.8, 4) is 5.75 Å². The van der Waals surface area contributed by atoms with Gasteiger partial charge in [0.05, 0.1) is 5.88 Å². The molecule has 3 N–H and O–H groups in total. The van der Waals surface area contributed by atoms with Gasteiger partial charge in [0.15, 0.2) is 0 Å². The zero-order chi connectivity index (χ0) is 18.2.